The molecule has 2 heterocycles. The van der Waals surface area contributed by atoms with E-state index in [-0.39, 0.29) is 18.0 Å². The zero-order valence-corrected chi connectivity index (χ0v) is 19.8. The van der Waals surface area contributed by atoms with Gasteiger partial charge in [0.25, 0.3) is 0 Å². The van der Waals surface area contributed by atoms with Crippen molar-refractivity contribution in [2.45, 2.75) is 39.4 Å². The highest BCUT2D eigenvalue weighted by Gasteiger charge is 2.16. The first-order valence-electron chi connectivity index (χ1n) is 11.6. The lowest BCUT2D eigenvalue weighted by molar-refractivity contribution is -0.123. The number of aromatic amines is 1. The first-order valence-corrected chi connectivity index (χ1v) is 11.6. The van der Waals surface area contributed by atoms with E-state index < -0.39 is 0 Å². The summed E-state index contributed by atoms with van der Waals surface area (Å²) in [6, 6.07) is 25.9. The molecule has 2 aromatic heterocycles. The largest absolute Gasteiger partial charge is 0.464 e. The van der Waals surface area contributed by atoms with E-state index in [1.165, 1.54) is 16.5 Å². The van der Waals surface area contributed by atoms with Crippen molar-refractivity contribution in [2.24, 2.45) is 0 Å². The molecule has 5 rings (SSSR count). The summed E-state index contributed by atoms with van der Waals surface area (Å²) in [5.74, 6) is -0.0147. The topological polar surface area (TPSA) is 70.1 Å². The minimum Gasteiger partial charge on any atom is -0.464 e. The smallest absolute Gasteiger partial charge is 0.237 e. The number of hydrogen-bond acceptors (Lipinski definition) is 3. The second kappa shape index (κ2) is 10.9. The van der Waals surface area contributed by atoms with E-state index in [4.69, 9.17) is 4.42 Å². The van der Waals surface area contributed by atoms with Crippen LogP contribution in [0.2, 0.25) is 0 Å². The summed E-state index contributed by atoms with van der Waals surface area (Å²) in [5.41, 5.74) is 5.56. The van der Waals surface area contributed by atoms with Crippen molar-refractivity contribution >= 4 is 27.8 Å². The molecule has 34 heavy (non-hydrogen) atoms. The predicted molar refractivity (Wildman–Crippen MR) is 139 cm³/mol. The Bertz CT molecular complexity index is 1350. The number of aromatic nitrogens is 1. The Labute approximate surface area is 200 Å². The standard InChI is InChI=1S/C20H22N2O2.C9H9N/c1-14(16-8-4-3-5-9-16)22-20(23)15(2)21-12-17-13-24-19-11-7-6-10-18(17)19;1-7-6-10-9-5-3-2-4-8(7)9/h3-11,13-15,21H,12H2,1-2H3,(H,22,23);2-6,10H,1H3. The average Bonchev–Trinajstić information content (AvgIpc) is 3.47. The molecule has 0 spiro atoms. The third kappa shape index (κ3) is 5.56. The number of benzene rings is 3. The molecule has 5 heteroatoms. The van der Waals surface area contributed by atoms with Gasteiger partial charge in [-0.25, -0.2) is 0 Å². The molecule has 3 N–H and O–H groups in total. The van der Waals surface area contributed by atoms with Crippen LogP contribution in [-0.4, -0.2) is 16.9 Å². The van der Waals surface area contributed by atoms with Crippen LogP contribution in [0, 0.1) is 6.92 Å². The van der Waals surface area contributed by atoms with Crippen molar-refractivity contribution in [3.63, 3.8) is 0 Å². The number of H-pyrrole nitrogens is 1. The SMILES string of the molecule is CC(NCc1coc2ccccc12)C(=O)NC(C)c1ccccc1.Cc1c[nH]c2ccccc12. The molecule has 0 bridgehead atoms. The Morgan fingerprint density at radius 2 is 1.59 bits per heavy atom. The molecule has 0 fully saturated rings. The maximum Gasteiger partial charge on any atom is 0.237 e. The van der Waals surface area contributed by atoms with Crippen molar-refractivity contribution in [3.8, 4) is 0 Å². The number of para-hydroxylation sites is 2. The van der Waals surface area contributed by atoms with E-state index in [0.29, 0.717) is 6.54 Å². The average molecular weight is 454 g/mol. The van der Waals surface area contributed by atoms with Gasteiger partial charge in [0.15, 0.2) is 0 Å². The number of nitrogens with one attached hydrogen (secondary N) is 3. The third-order valence-electron chi connectivity index (χ3n) is 6.01. The van der Waals surface area contributed by atoms with Gasteiger partial charge in [-0.05, 0) is 44.0 Å². The summed E-state index contributed by atoms with van der Waals surface area (Å²) in [6.45, 7) is 6.56. The Morgan fingerprint density at radius 1 is 0.912 bits per heavy atom. The van der Waals surface area contributed by atoms with Gasteiger partial charge in [-0.3, -0.25) is 4.79 Å². The number of amides is 1. The Morgan fingerprint density at radius 3 is 2.35 bits per heavy atom. The van der Waals surface area contributed by atoms with E-state index in [2.05, 4.69) is 40.7 Å². The van der Waals surface area contributed by atoms with Crippen LogP contribution in [-0.2, 0) is 11.3 Å². The van der Waals surface area contributed by atoms with Gasteiger partial charge < -0.3 is 20.0 Å². The highest BCUT2D eigenvalue weighted by atomic mass is 16.3. The quantitative estimate of drug-likeness (QED) is 0.284. The summed E-state index contributed by atoms with van der Waals surface area (Å²) >= 11 is 0. The van der Waals surface area contributed by atoms with Gasteiger partial charge in [0.05, 0.1) is 18.3 Å². The third-order valence-corrected chi connectivity index (χ3v) is 6.01. The summed E-state index contributed by atoms with van der Waals surface area (Å²) in [6.07, 6.45) is 3.78. The monoisotopic (exact) mass is 453 g/mol. The minimum atomic E-state index is -0.287. The number of furan rings is 1. The maximum atomic E-state index is 12.4. The van der Waals surface area contributed by atoms with Gasteiger partial charge in [-0.15, -0.1) is 0 Å². The van der Waals surface area contributed by atoms with Crippen molar-refractivity contribution in [1.29, 1.82) is 0 Å². The molecule has 3 aromatic carbocycles. The Balaban J connectivity index is 0.000000226. The molecule has 2 unspecified atom stereocenters. The predicted octanol–water partition coefficient (Wildman–Crippen LogP) is 6.26. The van der Waals surface area contributed by atoms with E-state index in [0.717, 1.165) is 22.1 Å². The number of rotatable bonds is 6. The van der Waals surface area contributed by atoms with Crippen LogP contribution in [0.3, 0.4) is 0 Å². The lowest BCUT2D eigenvalue weighted by atomic mass is 10.1. The van der Waals surface area contributed by atoms with E-state index >= 15 is 0 Å². The van der Waals surface area contributed by atoms with Crippen molar-refractivity contribution in [3.05, 3.63) is 108 Å². The summed E-state index contributed by atoms with van der Waals surface area (Å²) in [7, 11) is 0. The molecule has 0 radical (unpaired) electrons. The Kier molecular flexibility index (Phi) is 7.45. The number of carbonyl (C=O) groups excluding carboxylic acids is 1. The van der Waals surface area contributed by atoms with Crippen LogP contribution in [0.5, 0.6) is 0 Å². The molecular formula is C29H31N3O2. The van der Waals surface area contributed by atoms with Gasteiger partial charge in [0.1, 0.15) is 5.58 Å². The fourth-order valence-electron chi connectivity index (χ4n) is 3.91. The van der Waals surface area contributed by atoms with Gasteiger partial charge in [0.2, 0.25) is 5.91 Å². The number of hydrogen-bond donors (Lipinski definition) is 3. The number of aryl methyl sites for hydroxylation is 1. The first kappa shape index (κ1) is 23.3. The summed E-state index contributed by atoms with van der Waals surface area (Å²) in [5, 5.41) is 8.70. The van der Waals surface area contributed by atoms with Crippen LogP contribution >= 0.6 is 0 Å². The van der Waals surface area contributed by atoms with Crippen molar-refractivity contribution in [1.82, 2.24) is 15.6 Å². The lowest BCUT2D eigenvalue weighted by Crippen LogP contribution is -2.42. The molecule has 174 valence electrons. The first-order chi connectivity index (χ1) is 16.5. The van der Waals surface area contributed by atoms with Gasteiger partial charge in [-0.2, -0.15) is 0 Å². The maximum absolute atomic E-state index is 12.4. The molecule has 0 aliphatic rings. The molecule has 1 amide bonds. The van der Waals surface area contributed by atoms with Crippen LogP contribution in [0.4, 0.5) is 0 Å². The zero-order chi connectivity index (χ0) is 23.9. The molecule has 5 nitrogen and oxygen atoms in total. The lowest BCUT2D eigenvalue weighted by Gasteiger charge is -2.18. The van der Waals surface area contributed by atoms with Crippen LogP contribution in [0.15, 0.2) is 95.7 Å². The molecule has 0 saturated carbocycles. The molecule has 2 atom stereocenters. The second-order valence-electron chi connectivity index (χ2n) is 8.52. The fourth-order valence-corrected chi connectivity index (χ4v) is 3.91. The van der Waals surface area contributed by atoms with Gasteiger partial charge >= 0.3 is 0 Å². The van der Waals surface area contributed by atoms with E-state index in [1.807, 2.05) is 80.7 Å². The number of carbonyl (C=O) groups is 1. The summed E-state index contributed by atoms with van der Waals surface area (Å²) in [4.78, 5) is 15.5. The fraction of sp³-hybridized carbons (Fsp3) is 0.207. The van der Waals surface area contributed by atoms with Crippen molar-refractivity contribution in [2.75, 3.05) is 0 Å². The van der Waals surface area contributed by atoms with Crippen molar-refractivity contribution < 1.29 is 9.21 Å². The normalized spacial score (nSPS) is 12.7. The molecule has 0 aliphatic heterocycles. The number of fused-ring (bicyclic) bond motifs is 2. The van der Waals surface area contributed by atoms with Crippen LogP contribution in [0.25, 0.3) is 21.9 Å². The minimum absolute atomic E-state index is 0.0147. The highest BCUT2D eigenvalue weighted by molar-refractivity contribution is 5.83. The van der Waals surface area contributed by atoms with E-state index in [1.54, 1.807) is 6.26 Å². The van der Waals surface area contributed by atoms with Crippen LogP contribution < -0.4 is 10.6 Å². The van der Waals surface area contributed by atoms with Gasteiger partial charge in [0, 0.05) is 34.6 Å². The van der Waals surface area contributed by atoms with Crippen LogP contribution in [0.1, 0.15) is 36.6 Å². The molecule has 5 aromatic rings. The summed E-state index contributed by atoms with van der Waals surface area (Å²) < 4.78 is 5.52. The van der Waals surface area contributed by atoms with E-state index in [9.17, 15) is 4.79 Å². The molecular weight excluding hydrogens is 422 g/mol. The molecule has 0 saturated heterocycles. The van der Waals surface area contributed by atoms with Gasteiger partial charge in [-0.1, -0.05) is 66.7 Å². The zero-order valence-electron chi connectivity index (χ0n) is 19.8. The molecule has 0 aliphatic carbocycles. The Hall–Kier alpha value is -3.83. The highest BCUT2D eigenvalue weighted by Crippen LogP contribution is 2.20. The second-order valence-corrected chi connectivity index (χ2v) is 8.52.